The molecule has 0 N–H and O–H groups in total. The number of piperidine rings is 1. The molecule has 2 saturated heterocycles. The minimum Gasteiger partial charge on any atom is -0.379 e. The van der Waals surface area contributed by atoms with Crippen molar-refractivity contribution < 1.29 is 13.5 Å². The van der Waals surface area contributed by atoms with Gasteiger partial charge in [-0.15, -0.1) is 0 Å². The van der Waals surface area contributed by atoms with Crippen LogP contribution in [0.4, 0.5) is 8.78 Å². The minimum atomic E-state index is -0.502. The number of hydrogen-bond donors (Lipinski definition) is 0. The molecule has 0 amide bonds. The molecule has 4 aromatic rings. The molecular weight excluding hydrogens is 548 g/mol. The van der Waals surface area contributed by atoms with Gasteiger partial charge in [0.25, 0.3) is 0 Å². The van der Waals surface area contributed by atoms with E-state index in [0.717, 1.165) is 69.2 Å². The Kier molecular flexibility index (Phi) is 7.69. The van der Waals surface area contributed by atoms with Crippen molar-refractivity contribution in [2.75, 3.05) is 39.4 Å². The second kappa shape index (κ2) is 11.6. The van der Waals surface area contributed by atoms with Crippen molar-refractivity contribution in [1.82, 2.24) is 34.3 Å². The molecule has 2 aliphatic heterocycles. The summed E-state index contributed by atoms with van der Waals surface area (Å²) in [5, 5.41) is 0. The first kappa shape index (κ1) is 28.4. The predicted octanol–water partition coefficient (Wildman–Crippen LogP) is 5.19. The van der Waals surface area contributed by atoms with Gasteiger partial charge in [-0.25, -0.2) is 23.7 Å². The lowest BCUT2D eigenvalue weighted by Crippen LogP contribution is -2.55. The molecule has 7 rings (SSSR count). The summed E-state index contributed by atoms with van der Waals surface area (Å²) >= 11 is 0. The molecule has 0 spiro atoms. The van der Waals surface area contributed by atoms with Crippen LogP contribution in [-0.4, -0.2) is 79.7 Å². The maximum Gasteiger partial charge on any atom is 0.151 e. The van der Waals surface area contributed by atoms with Gasteiger partial charge in [-0.05, 0) is 69.2 Å². The molecule has 0 radical (unpaired) electrons. The normalized spacial score (nSPS) is 23.1. The van der Waals surface area contributed by atoms with Crippen LogP contribution in [0.5, 0.6) is 0 Å². The number of fused-ring (bicyclic) bond motifs is 3. The Bertz CT molecular complexity index is 1600. The number of benzene rings is 1. The fourth-order valence-corrected chi connectivity index (χ4v) is 7.74. The zero-order chi connectivity index (χ0) is 29.7. The zero-order valence-electron chi connectivity index (χ0n) is 25.1. The van der Waals surface area contributed by atoms with Crippen LogP contribution >= 0.6 is 0 Å². The van der Waals surface area contributed by atoms with Crippen LogP contribution in [-0.2, 0) is 17.7 Å². The highest BCUT2D eigenvalue weighted by Crippen LogP contribution is 2.40. The summed E-state index contributed by atoms with van der Waals surface area (Å²) in [6, 6.07) is 5.62. The minimum absolute atomic E-state index is 0.0923. The van der Waals surface area contributed by atoms with E-state index in [-0.39, 0.29) is 6.04 Å². The molecule has 10 heteroatoms. The van der Waals surface area contributed by atoms with E-state index in [2.05, 4.69) is 29.7 Å². The highest BCUT2D eigenvalue weighted by atomic mass is 19.1. The molecule has 2 unspecified atom stereocenters. The highest BCUT2D eigenvalue weighted by Gasteiger charge is 2.44. The predicted molar refractivity (Wildman–Crippen MR) is 161 cm³/mol. The third kappa shape index (κ3) is 5.56. The summed E-state index contributed by atoms with van der Waals surface area (Å²) in [5.74, 6) is 1.82. The Balaban J connectivity index is 1.04. The van der Waals surface area contributed by atoms with E-state index in [1.54, 1.807) is 6.07 Å². The van der Waals surface area contributed by atoms with Gasteiger partial charge in [0.1, 0.15) is 23.0 Å². The van der Waals surface area contributed by atoms with Gasteiger partial charge >= 0.3 is 0 Å². The fourth-order valence-electron chi connectivity index (χ4n) is 7.74. The Morgan fingerprint density at radius 3 is 2.35 bits per heavy atom. The molecule has 5 heterocycles. The number of likely N-dealkylation sites (tertiary alicyclic amines) is 1. The number of aromatic nitrogens is 5. The smallest absolute Gasteiger partial charge is 0.151 e. The monoisotopic (exact) mass is 587 g/mol. The standard InChI is InChI=1S/C33H39F2N7O/c1-20(2)42-21(3)39-32-28(34)10-25(11-30(32)42)27-12-26(36-16-29(27)35)13-31-37-14-22(15-38-31)17-40-18-23-4-5-24(19-40)33(23)41-6-8-43-9-7-41/h10-12,14-16,20,23-24,33H,4-9,13,17-19H2,1-3H3. The molecular formula is C33H39F2N7O. The van der Waals surface area contributed by atoms with Gasteiger partial charge in [-0.1, -0.05) is 0 Å². The Morgan fingerprint density at radius 1 is 0.930 bits per heavy atom. The maximum absolute atomic E-state index is 15.1. The average molecular weight is 588 g/mol. The van der Waals surface area contributed by atoms with Crippen molar-refractivity contribution in [2.24, 2.45) is 11.8 Å². The largest absolute Gasteiger partial charge is 0.379 e. The second-order valence-corrected chi connectivity index (χ2v) is 12.7. The summed E-state index contributed by atoms with van der Waals surface area (Å²) in [6.07, 6.45) is 7.99. The summed E-state index contributed by atoms with van der Waals surface area (Å²) < 4.78 is 37.6. The molecule has 1 aliphatic carbocycles. The number of morpholine rings is 1. The van der Waals surface area contributed by atoms with E-state index >= 15 is 8.78 Å². The summed E-state index contributed by atoms with van der Waals surface area (Å²) in [7, 11) is 0. The van der Waals surface area contributed by atoms with Crippen LogP contribution in [0.2, 0.25) is 0 Å². The average Bonchev–Trinajstić information content (AvgIpc) is 3.48. The van der Waals surface area contributed by atoms with E-state index in [0.29, 0.717) is 46.1 Å². The van der Waals surface area contributed by atoms with Gasteiger partial charge in [0.15, 0.2) is 5.82 Å². The quantitative estimate of drug-likeness (QED) is 0.295. The first-order valence-corrected chi connectivity index (χ1v) is 15.5. The number of halogens is 2. The SMILES string of the molecule is Cc1nc2c(F)cc(-c3cc(Cc4ncc(CN5CC6CCC(C5)C6N5CCOCC5)cn4)ncc3F)cc2n1C(C)C. The third-order valence-electron chi connectivity index (χ3n) is 9.50. The van der Waals surface area contributed by atoms with Crippen molar-refractivity contribution in [3.63, 3.8) is 0 Å². The Labute approximate surface area is 251 Å². The van der Waals surface area contributed by atoms with Gasteiger partial charge < -0.3 is 9.30 Å². The number of ether oxygens (including phenoxy) is 1. The lowest BCUT2D eigenvalue weighted by atomic mass is 9.90. The van der Waals surface area contributed by atoms with Gasteiger partial charge in [0.05, 0.1) is 31.3 Å². The molecule has 1 aromatic carbocycles. The maximum atomic E-state index is 15.1. The summed E-state index contributed by atoms with van der Waals surface area (Å²) in [5.41, 5.74) is 3.42. The number of pyridine rings is 1. The molecule has 2 atom stereocenters. The third-order valence-corrected chi connectivity index (χ3v) is 9.50. The van der Waals surface area contributed by atoms with E-state index in [1.165, 1.54) is 25.1 Å². The Morgan fingerprint density at radius 2 is 1.65 bits per heavy atom. The summed E-state index contributed by atoms with van der Waals surface area (Å²) in [4.78, 5) is 23.2. The molecule has 1 saturated carbocycles. The number of hydrogen-bond acceptors (Lipinski definition) is 7. The molecule has 3 aliphatic rings. The van der Waals surface area contributed by atoms with E-state index in [1.807, 2.05) is 43.8 Å². The molecule has 3 fully saturated rings. The number of imidazole rings is 1. The van der Waals surface area contributed by atoms with Gasteiger partial charge in [0, 0.05) is 74.0 Å². The van der Waals surface area contributed by atoms with Crippen LogP contribution in [0, 0.1) is 30.4 Å². The lowest BCUT2D eigenvalue weighted by Gasteiger charge is -2.45. The number of nitrogens with zero attached hydrogens (tertiary/aromatic N) is 7. The number of rotatable bonds is 7. The van der Waals surface area contributed by atoms with Crippen molar-refractivity contribution >= 4 is 11.0 Å². The van der Waals surface area contributed by atoms with Gasteiger partial charge in [0.2, 0.25) is 0 Å². The van der Waals surface area contributed by atoms with E-state index in [9.17, 15) is 0 Å². The lowest BCUT2D eigenvalue weighted by molar-refractivity contribution is -0.0256. The van der Waals surface area contributed by atoms with Crippen molar-refractivity contribution in [2.45, 2.75) is 58.7 Å². The highest BCUT2D eigenvalue weighted by molar-refractivity contribution is 5.83. The van der Waals surface area contributed by atoms with Gasteiger partial charge in [-0.2, -0.15) is 0 Å². The van der Waals surface area contributed by atoms with E-state index in [4.69, 9.17) is 4.74 Å². The van der Waals surface area contributed by atoms with Crippen LogP contribution < -0.4 is 0 Å². The van der Waals surface area contributed by atoms with E-state index < -0.39 is 11.6 Å². The molecule has 43 heavy (non-hydrogen) atoms. The first-order chi connectivity index (χ1) is 20.8. The Hall–Kier alpha value is -3.34. The molecule has 8 nitrogen and oxygen atoms in total. The topological polar surface area (TPSA) is 72.2 Å². The van der Waals surface area contributed by atoms with Gasteiger partial charge in [-0.3, -0.25) is 14.8 Å². The first-order valence-electron chi connectivity index (χ1n) is 15.5. The summed E-state index contributed by atoms with van der Waals surface area (Å²) in [6.45, 7) is 12.8. The van der Waals surface area contributed by atoms with Crippen LogP contribution in [0.25, 0.3) is 22.2 Å². The molecule has 3 aromatic heterocycles. The van der Waals surface area contributed by atoms with Crippen LogP contribution in [0.3, 0.4) is 0 Å². The number of aryl methyl sites for hydroxylation is 1. The second-order valence-electron chi connectivity index (χ2n) is 12.7. The van der Waals surface area contributed by atoms with Crippen LogP contribution in [0.1, 0.15) is 55.6 Å². The van der Waals surface area contributed by atoms with Crippen molar-refractivity contribution in [3.8, 4) is 11.1 Å². The zero-order valence-corrected chi connectivity index (χ0v) is 25.1. The van der Waals surface area contributed by atoms with Crippen molar-refractivity contribution in [1.29, 1.82) is 0 Å². The fraction of sp³-hybridized carbons (Fsp3) is 0.515. The molecule has 226 valence electrons. The molecule has 2 bridgehead atoms. The van der Waals surface area contributed by atoms with Crippen molar-refractivity contribution in [3.05, 3.63) is 71.3 Å². The van der Waals surface area contributed by atoms with Crippen LogP contribution in [0.15, 0.2) is 36.8 Å².